The predicted molar refractivity (Wildman–Crippen MR) is 136 cm³/mol. The number of hydrogen-bond donors (Lipinski definition) is 0. The second kappa shape index (κ2) is 10.5. The van der Waals surface area contributed by atoms with Crippen LogP contribution in [0.15, 0.2) is 89.6 Å². The standard InChI is InChI=1S/C28H27N5O3/c1-21-25(30-27(36-21)22-8-4-2-5-9-22)20-26(34)31-16-18-32(19-17-31)33(24-12-14-29-15-13-24)28(35)23-10-6-3-7-11-23/h2-15H,16-20H2,1H3. The Kier molecular flexibility index (Phi) is 6.86. The minimum Gasteiger partial charge on any atom is -0.441 e. The van der Waals surface area contributed by atoms with Crippen molar-refractivity contribution in [1.29, 1.82) is 0 Å². The van der Waals surface area contributed by atoms with Gasteiger partial charge in [-0.1, -0.05) is 36.4 Å². The average Bonchev–Trinajstić information content (AvgIpc) is 3.30. The van der Waals surface area contributed by atoms with Crippen LogP contribution in [0.1, 0.15) is 21.8 Å². The Balaban J connectivity index is 1.26. The zero-order valence-corrected chi connectivity index (χ0v) is 20.1. The molecule has 5 rings (SSSR count). The van der Waals surface area contributed by atoms with Crippen molar-refractivity contribution in [3.05, 3.63) is 102 Å². The van der Waals surface area contributed by atoms with E-state index < -0.39 is 0 Å². The molecule has 2 amide bonds. The van der Waals surface area contributed by atoms with E-state index in [1.807, 2.05) is 77.5 Å². The molecule has 1 fully saturated rings. The Bertz CT molecular complexity index is 1320. The van der Waals surface area contributed by atoms with Crippen LogP contribution < -0.4 is 5.01 Å². The predicted octanol–water partition coefficient (Wildman–Crippen LogP) is 3.99. The van der Waals surface area contributed by atoms with Gasteiger partial charge in [0.25, 0.3) is 5.91 Å². The summed E-state index contributed by atoms with van der Waals surface area (Å²) in [5, 5.41) is 3.68. The lowest BCUT2D eigenvalue weighted by Gasteiger charge is -2.41. The van der Waals surface area contributed by atoms with Gasteiger partial charge in [0.15, 0.2) is 0 Å². The number of rotatable bonds is 6. The van der Waals surface area contributed by atoms with Crippen molar-refractivity contribution in [2.24, 2.45) is 0 Å². The highest BCUT2D eigenvalue weighted by Crippen LogP contribution is 2.23. The quantitative estimate of drug-likeness (QED) is 0.414. The van der Waals surface area contributed by atoms with Crippen molar-refractivity contribution in [2.45, 2.75) is 13.3 Å². The summed E-state index contributed by atoms with van der Waals surface area (Å²) in [5.41, 5.74) is 2.87. The fraction of sp³-hybridized carbons (Fsp3) is 0.214. The van der Waals surface area contributed by atoms with E-state index in [1.165, 1.54) is 0 Å². The lowest BCUT2D eigenvalue weighted by Crippen LogP contribution is -2.57. The first-order chi connectivity index (χ1) is 17.6. The van der Waals surface area contributed by atoms with Gasteiger partial charge in [0.2, 0.25) is 11.8 Å². The van der Waals surface area contributed by atoms with Gasteiger partial charge in [0.1, 0.15) is 5.76 Å². The Morgan fingerprint density at radius 1 is 0.889 bits per heavy atom. The van der Waals surface area contributed by atoms with Crippen molar-refractivity contribution >= 4 is 17.5 Å². The Hall–Kier alpha value is -4.30. The Morgan fingerprint density at radius 3 is 2.19 bits per heavy atom. The third-order valence-corrected chi connectivity index (χ3v) is 6.24. The van der Waals surface area contributed by atoms with Gasteiger partial charge in [0, 0.05) is 49.7 Å². The average molecular weight is 482 g/mol. The van der Waals surface area contributed by atoms with Crippen molar-refractivity contribution < 1.29 is 14.0 Å². The monoisotopic (exact) mass is 481 g/mol. The summed E-state index contributed by atoms with van der Waals surface area (Å²) in [6, 6.07) is 22.5. The van der Waals surface area contributed by atoms with Crippen LogP contribution in [0, 0.1) is 6.92 Å². The van der Waals surface area contributed by atoms with Gasteiger partial charge in [-0.05, 0) is 43.3 Å². The van der Waals surface area contributed by atoms with Crippen molar-refractivity contribution in [3.63, 3.8) is 0 Å². The smallest absolute Gasteiger partial charge is 0.272 e. The van der Waals surface area contributed by atoms with Gasteiger partial charge in [0.05, 0.1) is 17.8 Å². The number of anilines is 1. The van der Waals surface area contributed by atoms with Crippen LogP contribution >= 0.6 is 0 Å². The van der Waals surface area contributed by atoms with E-state index in [-0.39, 0.29) is 18.2 Å². The number of oxazole rings is 1. The number of piperazine rings is 1. The van der Waals surface area contributed by atoms with Crippen LogP contribution in [0.3, 0.4) is 0 Å². The molecule has 0 atom stereocenters. The first-order valence-electron chi connectivity index (χ1n) is 11.9. The van der Waals surface area contributed by atoms with Crippen LogP contribution in [-0.2, 0) is 11.2 Å². The van der Waals surface area contributed by atoms with E-state index in [0.29, 0.717) is 49.1 Å². The fourth-order valence-electron chi connectivity index (χ4n) is 4.29. The number of carbonyl (C=O) groups is 2. The van der Waals surface area contributed by atoms with Gasteiger partial charge in [-0.2, -0.15) is 0 Å². The number of pyridine rings is 1. The lowest BCUT2D eigenvalue weighted by atomic mass is 10.2. The summed E-state index contributed by atoms with van der Waals surface area (Å²) in [5.74, 6) is 1.05. The van der Waals surface area contributed by atoms with Gasteiger partial charge < -0.3 is 9.32 Å². The third-order valence-electron chi connectivity index (χ3n) is 6.24. The van der Waals surface area contributed by atoms with E-state index in [9.17, 15) is 9.59 Å². The summed E-state index contributed by atoms with van der Waals surface area (Å²) < 4.78 is 5.82. The maximum Gasteiger partial charge on any atom is 0.272 e. The highest BCUT2D eigenvalue weighted by molar-refractivity contribution is 6.05. The number of hydrogen-bond acceptors (Lipinski definition) is 6. The van der Waals surface area contributed by atoms with Crippen LogP contribution in [0.2, 0.25) is 0 Å². The molecule has 0 bridgehead atoms. The Morgan fingerprint density at radius 2 is 1.53 bits per heavy atom. The van der Waals surface area contributed by atoms with E-state index in [0.717, 1.165) is 11.3 Å². The number of aromatic nitrogens is 2. The van der Waals surface area contributed by atoms with Crippen LogP contribution in [0.25, 0.3) is 11.5 Å². The third kappa shape index (κ3) is 5.04. The molecule has 2 aromatic heterocycles. The topological polar surface area (TPSA) is 82.8 Å². The molecule has 36 heavy (non-hydrogen) atoms. The summed E-state index contributed by atoms with van der Waals surface area (Å²) in [6.45, 7) is 3.90. The maximum absolute atomic E-state index is 13.4. The highest BCUT2D eigenvalue weighted by Gasteiger charge is 2.30. The molecule has 8 heteroatoms. The minimum atomic E-state index is -0.117. The number of benzene rings is 2. The zero-order valence-electron chi connectivity index (χ0n) is 20.1. The SMILES string of the molecule is Cc1oc(-c2ccccc2)nc1CC(=O)N1CCN(N(C(=O)c2ccccc2)c2ccncc2)CC1. The molecule has 1 aliphatic heterocycles. The number of hydrazine groups is 1. The van der Waals surface area contributed by atoms with Gasteiger partial charge in [-0.15, -0.1) is 0 Å². The fourth-order valence-corrected chi connectivity index (χ4v) is 4.29. The van der Waals surface area contributed by atoms with Crippen molar-refractivity contribution in [3.8, 4) is 11.5 Å². The second-order valence-electron chi connectivity index (χ2n) is 8.59. The minimum absolute atomic E-state index is 0.00416. The van der Waals surface area contributed by atoms with Crippen LogP contribution in [0.5, 0.6) is 0 Å². The first kappa shape index (κ1) is 23.4. The van der Waals surface area contributed by atoms with Crippen LogP contribution in [0.4, 0.5) is 5.69 Å². The molecule has 0 unspecified atom stereocenters. The van der Waals surface area contributed by atoms with Gasteiger partial charge in [-0.3, -0.25) is 14.6 Å². The number of carbonyl (C=O) groups excluding carboxylic acids is 2. The van der Waals surface area contributed by atoms with Gasteiger partial charge in [-0.25, -0.2) is 15.0 Å². The number of nitrogens with zero attached hydrogens (tertiary/aromatic N) is 5. The molecule has 0 N–H and O–H groups in total. The van der Waals surface area contributed by atoms with E-state index in [2.05, 4.69) is 9.97 Å². The molecule has 182 valence electrons. The summed E-state index contributed by atoms with van der Waals surface area (Å²) >= 11 is 0. The molecule has 3 heterocycles. The number of aryl methyl sites for hydroxylation is 1. The molecule has 1 aliphatic rings. The lowest BCUT2D eigenvalue weighted by molar-refractivity contribution is -0.132. The van der Waals surface area contributed by atoms with E-state index in [1.54, 1.807) is 29.5 Å². The first-order valence-corrected chi connectivity index (χ1v) is 11.9. The summed E-state index contributed by atoms with van der Waals surface area (Å²) in [6.07, 6.45) is 3.52. The molecular weight excluding hydrogens is 454 g/mol. The second-order valence-corrected chi connectivity index (χ2v) is 8.59. The summed E-state index contributed by atoms with van der Waals surface area (Å²) in [4.78, 5) is 37.0. The molecular formula is C28H27N5O3. The summed E-state index contributed by atoms with van der Waals surface area (Å²) in [7, 11) is 0. The molecule has 8 nitrogen and oxygen atoms in total. The van der Waals surface area contributed by atoms with E-state index >= 15 is 0 Å². The molecule has 4 aromatic rings. The van der Waals surface area contributed by atoms with E-state index in [4.69, 9.17) is 4.42 Å². The maximum atomic E-state index is 13.4. The number of amides is 2. The molecule has 1 saturated heterocycles. The molecule has 0 spiro atoms. The largest absolute Gasteiger partial charge is 0.441 e. The molecule has 0 aliphatic carbocycles. The normalized spacial score (nSPS) is 14.0. The highest BCUT2D eigenvalue weighted by atomic mass is 16.4. The Labute approximate surface area is 209 Å². The molecule has 2 aromatic carbocycles. The van der Waals surface area contributed by atoms with Crippen molar-refractivity contribution in [2.75, 3.05) is 31.2 Å². The van der Waals surface area contributed by atoms with Crippen molar-refractivity contribution in [1.82, 2.24) is 19.9 Å². The van der Waals surface area contributed by atoms with Gasteiger partial charge >= 0.3 is 0 Å². The molecule has 0 radical (unpaired) electrons. The zero-order chi connectivity index (χ0) is 24.9. The molecule has 0 saturated carbocycles. The van der Waals surface area contributed by atoms with Crippen LogP contribution in [-0.4, -0.2) is 57.9 Å².